The van der Waals surface area contributed by atoms with E-state index in [0.29, 0.717) is 12.2 Å². The molecular weight excluding hydrogens is 284 g/mol. The summed E-state index contributed by atoms with van der Waals surface area (Å²) in [5.41, 5.74) is 1.08. The molecule has 3 N–H and O–H groups in total. The van der Waals surface area contributed by atoms with Crippen LogP contribution in [0.25, 0.3) is 0 Å². The number of rotatable bonds is 4. The summed E-state index contributed by atoms with van der Waals surface area (Å²) in [7, 11) is 0. The Kier molecular flexibility index (Phi) is 3.95. The molecule has 2 rings (SSSR count). The van der Waals surface area contributed by atoms with Gasteiger partial charge in [-0.05, 0) is 29.8 Å². The summed E-state index contributed by atoms with van der Waals surface area (Å²) in [5.74, 6) is -0.415. The number of halogens is 1. The van der Waals surface area contributed by atoms with Gasteiger partial charge in [-0.3, -0.25) is 10.1 Å². The SMILES string of the molecule is O=[N+]([O-])c1cc(NCc2ccc(O)c(O)c2)ccc1Cl. The number of nitro benzene ring substituents is 1. The molecule has 0 aliphatic carbocycles. The number of nitrogens with one attached hydrogen (secondary N) is 1. The lowest BCUT2D eigenvalue weighted by atomic mass is 10.2. The first-order valence-corrected chi connectivity index (χ1v) is 6.04. The van der Waals surface area contributed by atoms with Crippen molar-refractivity contribution in [3.8, 4) is 11.5 Å². The summed E-state index contributed by atoms with van der Waals surface area (Å²) in [6.07, 6.45) is 0. The molecule has 0 aliphatic heterocycles. The molecule has 2 aromatic carbocycles. The van der Waals surface area contributed by atoms with Crippen molar-refractivity contribution in [1.29, 1.82) is 0 Å². The van der Waals surface area contributed by atoms with Crippen LogP contribution in [0.15, 0.2) is 36.4 Å². The zero-order valence-electron chi connectivity index (χ0n) is 10.2. The van der Waals surface area contributed by atoms with Crippen LogP contribution >= 0.6 is 11.6 Å². The average molecular weight is 295 g/mol. The first-order chi connectivity index (χ1) is 9.47. The minimum absolute atomic E-state index is 0.0721. The minimum atomic E-state index is -0.556. The third kappa shape index (κ3) is 3.10. The predicted octanol–water partition coefficient (Wildman–Crippen LogP) is 3.27. The van der Waals surface area contributed by atoms with Gasteiger partial charge in [-0.1, -0.05) is 17.7 Å². The van der Waals surface area contributed by atoms with Gasteiger partial charge in [0, 0.05) is 18.3 Å². The number of phenols is 2. The largest absolute Gasteiger partial charge is 0.504 e. The minimum Gasteiger partial charge on any atom is -0.504 e. The molecule has 0 aliphatic rings. The van der Waals surface area contributed by atoms with Gasteiger partial charge in [0.1, 0.15) is 5.02 Å². The van der Waals surface area contributed by atoms with Crippen LogP contribution in [0.2, 0.25) is 5.02 Å². The number of phenolic OH excluding ortho intramolecular Hbond substituents is 2. The van der Waals surface area contributed by atoms with E-state index >= 15 is 0 Å². The summed E-state index contributed by atoms with van der Waals surface area (Å²) in [6.45, 7) is 0.340. The number of hydrogen-bond acceptors (Lipinski definition) is 5. The van der Waals surface area contributed by atoms with Crippen molar-refractivity contribution < 1.29 is 15.1 Å². The van der Waals surface area contributed by atoms with E-state index in [-0.39, 0.29) is 22.2 Å². The fourth-order valence-electron chi connectivity index (χ4n) is 1.65. The lowest BCUT2D eigenvalue weighted by molar-refractivity contribution is -0.384. The maximum Gasteiger partial charge on any atom is 0.289 e. The molecule has 0 amide bonds. The van der Waals surface area contributed by atoms with Gasteiger partial charge in [-0.15, -0.1) is 0 Å². The number of benzene rings is 2. The van der Waals surface area contributed by atoms with Gasteiger partial charge < -0.3 is 15.5 Å². The molecule has 6 nitrogen and oxygen atoms in total. The Morgan fingerprint density at radius 1 is 1.15 bits per heavy atom. The fourth-order valence-corrected chi connectivity index (χ4v) is 1.83. The van der Waals surface area contributed by atoms with Gasteiger partial charge >= 0.3 is 0 Å². The van der Waals surface area contributed by atoms with Crippen LogP contribution in [0.3, 0.4) is 0 Å². The van der Waals surface area contributed by atoms with Crippen LogP contribution in [-0.2, 0) is 6.54 Å². The number of nitrogens with zero attached hydrogens (tertiary/aromatic N) is 1. The molecule has 7 heteroatoms. The monoisotopic (exact) mass is 294 g/mol. The number of anilines is 1. The molecule has 2 aromatic rings. The predicted molar refractivity (Wildman–Crippen MR) is 75.2 cm³/mol. The van der Waals surface area contributed by atoms with Gasteiger partial charge in [0.25, 0.3) is 5.69 Å². The number of aromatic hydroxyl groups is 2. The molecule has 0 radical (unpaired) electrons. The molecule has 0 atom stereocenters. The van der Waals surface area contributed by atoms with E-state index in [1.165, 1.54) is 24.3 Å². The van der Waals surface area contributed by atoms with Crippen molar-refractivity contribution >= 4 is 23.0 Å². The Labute approximate surface area is 119 Å². The van der Waals surface area contributed by atoms with Gasteiger partial charge in [0.05, 0.1) is 4.92 Å². The fraction of sp³-hybridized carbons (Fsp3) is 0.0769. The highest BCUT2D eigenvalue weighted by molar-refractivity contribution is 6.32. The van der Waals surface area contributed by atoms with Crippen LogP contribution in [0, 0.1) is 10.1 Å². The van der Waals surface area contributed by atoms with E-state index in [2.05, 4.69) is 5.32 Å². The highest BCUT2D eigenvalue weighted by atomic mass is 35.5. The van der Waals surface area contributed by atoms with Gasteiger partial charge in [-0.25, -0.2) is 0 Å². The lowest BCUT2D eigenvalue weighted by Gasteiger charge is -2.08. The standard InChI is InChI=1S/C13H11ClN2O4/c14-10-3-2-9(6-11(10)16(19)20)15-7-8-1-4-12(17)13(18)5-8/h1-6,15,17-18H,7H2. The van der Waals surface area contributed by atoms with Crippen molar-refractivity contribution in [2.24, 2.45) is 0 Å². The first-order valence-electron chi connectivity index (χ1n) is 5.66. The molecule has 0 saturated carbocycles. The number of nitro groups is 1. The molecule has 0 saturated heterocycles. The molecule has 20 heavy (non-hydrogen) atoms. The van der Waals surface area contributed by atoms with E-state index in [1.54, 1.807) is 12.1 Å². The summed E-state index contributed by atoms with van der Waals surface area (Å²) >= 11 is 5.72. The molecule has 104 valence electrons. The Hall–Kier alpha value is -2.47. The quantitative estimate of drug-likeness (QED) is 0.457. The Morgan fingerprint density at radius 2 is 1.90 bits per heavy atom. The van der Waals surface area contributed by atoms with E-state index in [9.17, 15) is 20.3 Å². The molecule has 0 unspecified atom stereocenters. The Balaban J connectivity index is 2.12. The molecule has 0 heterocycles. The zero-order chi connectivity index (χ0) is 14.7. The third-order valence-corrected chi connectivity index (χ3v) is 3.00. The van der Waals surface area contributed by atoms with Crippen LogP contribution in [0.1, 0.15) is 5.56 Å². The summed E-state index contributed by atoms with van der Waals surface area (Å²) in [5, 5.41) is 32.4. The van der Waals surface area contributed by atoms with Crippen molar-refractivity contribution in [3.05, 3.63) is 57.1 Å². The Bertz CT molecular complexity index is 661. The van der Waals surface area contributed by atoms with E-state index in [4.69, 9.17) is 11.6 Å². The van der Waals surface area contributed by atoms with E-state index < -0.39 is 4.92 Å². The van der Waals surface area contributed by atoms with Gasteiger partial charge in [0.15, 0.2) is 11.5 Å². The number of hydrogen-bond donors (Lipinski definition) is 3. The summed E-state index contributed by atoms with van der Waals surface area (Å²) < 4.78 is 0. The van der Waals surface area contributed by atoms with E-state index in [1.807, 2.05) is 0 Å². The Morgan fingerprint density at radius 3 is 2.55 bits per heavy atom. The second-order valence-electron chi connectivity index (χ2n) is 4.10. The third-order valence-electron chi connectivity index (χ3n) is 2.68. The van der Waals surface area contributed by atoms with Gasteiger partial charge in [-0.2, -0.15) is 0 Å². The van der Waals surface area contributed by atoms with Crippen molar-refractivity contribution in [3.63, 3.8) is 0 Å². The normalized spacial score (nSPS) is 10.2. The maximum absolute atomic E-state index is 10.8. The van der Waals surface area contributed by atoms with Crippen LogP contribution in [0.5, 0.6) is 11.5 Å². The molecule has 0 bridgehead atoms. The summed E-state index contributed by atoms with van der Waals surface area (Å²) in [4.78, 5) is 10.2. The van der Waals surface area contributed by atoms with Crippen LogP contribution < -0.4 is 5.32 Å². The van der Waals surface area contributed by atoms with Crippen molar-refractivity contribution in [2.45, 2.75) is 6.54 Å². The lowest BCUT2D eigenvalue weighted by Crippen LogP contribution is -2.00. The average Bonchev–Trinajstić information content (AvgIpc) is 2.41. The maximum atomic E-state index is 10.8. The highest BCUT2D eigenvalue weighted by Crippen LogP contribution is 2.28. The van der Waals surface area contributed by atoms with Crippen LogP contribution in [0.4, 0.5) is 11.4 Å². The second kappa shape index (κ2) is 5.66. The second-order valence-corrected chi connectivity index (χ2v) is 4.51. The van der Waals surface area contributed by atoms with E-state index in [0.717, 1.165) is 5.56 Å². The summed E-state index contributed by atoms with van der Waals surface area (Å²) in [6, 6.07) is 8.81. The van der Waals surface area contributed by atoms with Crippen LogP contribution in [-0.4, -0.2) is 15.1 Å². The first kappa shape index (κ1) is 14.0. The van der Waals surface area contributed by atoms with Crippen molar-refractivity contribution in [1.82, 2.24) is 0 Å². The highest BCUT2D eigenvalue weighted by Gasteiger charge is 2.12. The smallest absolute Gasteiger partial charge is 0.289 e. The molecule has 0 aromatic heterocycles. The molecule has 0 spiro atoms. The molecule has 0 fully saturated rings. The van der Waals surface area contributed by atoms with Gasteiger partial charge in [0.2, 0.25) is 0 Å². The topological polar surface area (TPSA) is 95.6 Å². The molecular formula is C13H11ClN2O4. The zero-order valence-corrected chi connectivity index (χ0v) is 11.0. The van der Waals surface area contributed by atoms with Crippen molar-refractivity contribution in [2.75, 3.05) is 5.32 Å².